The number of aromatic nitrogens is 1. The van der Waals surface area contributed by atoms with Gasteiger partial charge in [-0.1, -0.05) is 6.07 Å². The van der Waals surface area contributed by atoms with Crippen LogP contribution >= 0.6 is 0 Å². The van der Waals surface area contributed by atoms with E-state index in [2.05, 4.69) is 4.98 Å². The summed E-state index contributed by atoms with van der Waals surface area (Å²) >= 11 is 0. The van der Waals surface area contributed by atoms with Crippen LogP contribution in [0.25, 0.3) is 0 Å². The lowest BCUT2D eigenvalue weighted by Gasteiger charge is -2.32. The van der Waals surface area contributed by atoms with E-state index in [1.165, 1.54) is 8.61 Å². The zero-order chi connectivity index (χ0) is 15.5. The van der Waals surface area contributed by atoms with Crippen LogP contribution in [-0.4, -0.2) is 55.8 Å². The predicted octanol–water partition coefficient (Wildman–Crippen LogP) is 1.29. The van der Waals surface area contributed by atoms with Gasteiger partial charge in [-0.25, -0.2) is 4.98 Å². The molecule has 0 aliphatic carbocycles. The first-order chi connectivity index (χ1) is 9.91. The molecule has 0 saturated carbocycles. The monoisotopic (exact) mass is 313 g/mol. The van der Waals surface area contributed by atoms with Gasteiger partial charge < -0.3 is 4.74 Å². The van der Waals surface area contributed by atoms with Crippen molar-refractivity contribution < 1.29 is 13.2 Å². The minimum absolute atomic E-state index is 0.375. The van der Waals surface area contributed by atoms with E-state index in [-0.39, 0.29) is 0 Å². The number of ether oxygens (including phenoxy) is 1. The van der Waals surface area contributed by atoms with Crippen molar-refractivity contribution in [3.8, 4) is 5.88 Å². The van der Waals surface area contributed by atoms with Gasteiger partial charge in [0.25, 0.3) is 10.2 Å². The zero-order valence-corrected chi connectivity index (χ0v) is 13.6. The van der Waals surface area contributed by atoms with Crippen LogP contribution in [0.1, 0.15) is 18.4 Å². The Morgan fingerprint density at radius 3 is 2.62 bits per heavy atom. The second-order valence-electron chi connectivity index (χ2n) is 5.57. The lowest BCUT2D eigenvalue weighted by Crippen LogP contribution is -2.45. The van der Waals surface area contributed by atoms with Crippen molar-refractivity contribution in [1.82, 2.24) is 13.6 Å². The summed E-state index contributed by atoms with van der Waals surface area (Å²) in [5, 5.41) is 0. The van der Waals surface area contributed by atoms with Crippen molar-refractivity contribution in [2.24, 2.45) is 5.92 Å². The molecule has 0 radical (unpaired) electrons. The minimum Gasteiger partial charge on any atom is -0.477 e. The molecule has 1 aliphatic heterocycles. The van der Waals surface area contributed by atoms with Gasteiger partial charge in [0.1, 0.15) is 0 Å². The summed E-state index contributed by atoms with van der Waals surface area (Å²) < 4.78 is 32.6. The van der Waals surface area contributed by atoms with E-state index in [1.807, 2.05) is 19.1 Å². The molecule has 1 fully saturated rings. The van der Waals surface area contributed by atoms with Gasteiger partial charge in [0.2, 0.25) is 5.88 Å². The van der Waals surface area contributed by atoms with Crippen molar-refractivity contribution in [2.45, 2.75) is 19.8 Å². The molecule has 1 aromatic rings. The summed E-state index contributed by atoms with van der Waals surface area (Å²) in [7, 11) is -0.156. The average Bonchev–Trinajstić information content (AvgIpc) is 2.46. The summed E-state index contributed by atoms with van der Waals surface area (Å²) in [5.74, 6) is 1.04. The van der Waals surface area contributed by atoms with Gasteiger partial charge in [0, 0.05) is 38.9 Å². The van der Waals surface area contributed by atoms with Crippen LogP contribution in [0.3, 0.4) is 0 Å². The molecule has 0 amide bonds. The fourth-order valence-corrected chi connectivity index (χ4v) is 3.49. The molecule has 21 heavy (non-hydrogen) atoms. The molecule has 0 N–H and O–H groups in total. The Labute approximate surface area is 126 Å². The van der Waals surface area contributed by atoms with Crippen molar-refractivity contribution in [3.05, 3.63) is 23.9 Å². The van der Waals surface area contributed by atoms with Crippen LogP contribution in [-0.2, 0) is 10.2 Å². The molecule has 7 heteroatoms. The van der Waals surface area contributed by atoms with Gasteiger partial charge in [-0.3, -0.25) is 0 Å². The van der Waals surface area contributed by atoms with Gasteiger partial charge in [-0.15, -0.1) is 0 Å². The summed E-state index contributed by atoms with van der Waals surface area (Å²) in [6.45, 7) is 3.66. The molecule has 0 spiro atoms. The molecule has 0 atom stereocenters. The maximum atomic E-state index is 12.0. The van der Waals surface area contributed by atoms with Gasteiger partial charge >= 0.3 is 0 Å². The Bertz CT molecular complexity index is 567. The van der Waals surface area contributed by atoms with Crippen LogP contribution in [0.5, 0.6) is 5.88 Å². The van der Waals surface area contributed by atoms with Crippen LogP contribution in [0, 0.1) is 12.8 Å². The maximum absolute atomic E-state index is 12.0. The molecule has 0 bridgehead atoms. The second kappa shape index (κ2) is 6.72. The topological polar surface area (TPSA) is 62.7 Å². The Morgan fingerprint density at radius 1 is 1.38 bits per heavy atom. The fourth-order valence-electron chi connectivity index (χ4n) is 2.36. The molecule has 2 rings (SSSR count). The van der Waals surface area contributed by atoms with Gasteiger partial charge in [0.05, 0.1) is 6.61 Å². The van der Waals surface area contributed by atoms with E-state index in [4.69, 9.17) is 4.74 Å². The van der Waals surface area contributed by atoms with Crippen LogP contribution in [0.15, 0.2) is 18.3 Å². The molecular weight excluding hydrogens is 290 g/mol. The first kappa shape index (κ1) is 16.2. The zero-order valence-electron chi connectivity index (χ0n) is 12.8. The molecule has 1 saturated heterocycles. The van der Waals surface area contributed by atoms with E-state index in [0.29, 0.717) is 31.5 Å². The normalized spacial score (nSPS) is 18.1. The SMILES string of the molecule is Cc1cccnc1OCC1CCN(S(=O)(=O)N(C)C)CC1. The Kier molecular flexibility index (Phi) is 5.18. The van der Waals surface area contributed by atoms with Crippen LogP contribution in [0.2, 0.25) is 0 Å². The van der Waals surface area contributed by atoms with Crippen molar-refractivity contribution >= 4 is 10.2 Å². The summed E-state index contributed by atoms with van der Waals surface area (Å²) in [6.07, 6.45) is 3.35. The third kappa shape index (κ3) is 3.93. The highest BCUT2D eigenvalue weighted by Crippen LogP contribution is 2.22. The number of pyridine rings is 1. The van der Waals surface area contributed by atoms with Crippen LogP contribution in [0.4, 0.5) is 0 Å². The minimum atomic E-state index is -3.28. The van der Waals surface area contributed by atoms with Gasteiger partial charge in [0.15, 0.2) is 0 Å². The lowest BCUT2D eigenvalue weighted by atomic mass is 9.99. The number of aryl methyl sites for hydroxylation is 1. The highest BCUT2D eigenvalue weighted by molar-refractivity contribution is 7.86. The summed E-state index contributed by atoms with van der Waals surface area (Å²) in [5.41, 5.74) is 1.02. The molecule has 2 heterocycles. The number of rotatable bonds is 5. The van der Waals surface area contributed by atoms with Gasteiger partial charge in [-0.2, -0.15) is 17.0 Å². The molecule has 6 nitrogen and oxygen atoms in total. The Morgan fingerprint density at radius 2 is 2.05 bits per heavy atom. The van der Waals surface area contributed by atoms with E-state index in [0.717, 1.165) is 18.4 Å². The maximum Gasteiger partial charge on any atom is 0.281 e. The predicted molar refractivity (Wildman–Crippen MR) is 81.4 cm³/mol. The molecule has 1 aromatic heterocycles. The van der Waals surface area contributed by atoms with Crippen molar-refractivity contribution in [3.63, 3.8) is 0 Å². The largest absolute Gasteiger partial charge is 0.477 e. The van der Waals surface area contributed by atoms with Gasteiger partial charge in [-0.05, 0) is 31.7 Å². The van der Waals surface area contributed by atoms with E-state index >= 15 is 0 Å². The highest BCUT2D eigenvalue weighted by atomic mass is 32.2. The van der Waals surface area contributed by atoms with Crippen LogP contribution < -0.4 is 4.74 Å². The standard InChI is InChI=1S/C14H23N3O3S/c1-12-5-4-8-15-14(12)20-11-13-6-9-17(10-7-13)21(18,19)16(2)3/h4-5,8,13H,6-7,9-11H2,1-3H3. The summed E-state index contributed by atoms with van der Waals surface area (Å²) in [4.78, 5) is 4.20. The number of hydrogen-bond acceptors (Lipinski definition) is 4. The van der Waals surface area contributed by atoms with E-state index in [1.54, 1.807) is 20.3 Å². The molecule has 0 unspecified atom stereocenters. The third-order valence-electron chi connectivity index (χ3n) is 3.78. The molecule has 1 aliphatic rings. The molecule has 118 valence electrons. The summed E-state index contributed by atoms with van der Waals surface area (Å²) in [6, 6.07) is 3.85. The first-order valence-corrected chi connectivity index (χ1v) is 8.53. The number of nitrogens with zero attached hydrogens (tertiary/aromatic N) is 3. The highest BCUT2D eigenvalue weighted by Gasteiger charge is 2.29. The Hall–Kier alpha value is -1.18. The first-order valence-electron chi connectivity index (χ1n) is 7.13. The molecule has 0 aromatic carbocycles. The smallest absolute Gasteiger partial charge is 0.281 e. The number of hydrogen-bond donors (Lipinski definition) is 0. The second-order valence-corrected chi connectivity index (χ2v) is 7.71. The van der Waals surface area contributed by atoms with E-state index < -0.39 is 10.2 Å². The quantitative estimate of drug-likeness (QED) is 0.822. The number of piperidine rings is 1. The average molecular weight is 313 g/mol. The third-order valence-corrected chi connectivity index (χ3v) is 5.72. The van der Waals surface area contributed by atoms with Crippen molar-refractivity contribution in [1.29, 1.82) is 0 Å². The fraction of sp³-hybridized carbons (Fsp3) is 0.643. The lowest BCUT2D eigenvalue weighted by molar-refractivity contribution is 0.177. The Balaban J connectivity index is 1.84. The van der Waals surface area contributed by atoms with Crippen molar-refractivity contribution in [2.75, 3.05) is 33.8 Å². The van der Waals surface area contributed by atoms with E-state index in [9.17, 15) is 8.42 Å². The molecular formula is C14H23N3O3S.